The molecule has 7 heteroatoms. The molecule has 0 bridgehead atoms. The molecule has 1 aromatic heterocycles. The number of rotatable bonds is 6. The Morgan fingerprint density at radius 2 is 1.88 bits per heavy atom. The molecule has 0 spiro atoms. The molecule has 1 aromatic carbocycles. The highest BCUT2D eigenvalue weighted by molar-refractivity contribution is 7.80. The van der Waals surface area contributed by atoms with Crippen LogP contribution < -0.4 is 16.0 Å². The number of carbonyl (C=O) groups is 2. The molecule has 0 saturated heterocycles. The Morgan fingerprint density at radius 1 is 1.12 bits per heavy atom. The number of carbonyl (C=O) groups excluding carboxylic acids is 2. The van der Waals surface area contributed by atoms with E-state index in [9.17, 15) is 9.59 Å². The van der Waals surface area contributed by atoms with Crippen LogP contribution in [0, 0.1) is 0 Å². The zero-order chi connectivity index (χ0) is 17.4. The molecule has 24 heavy (non-hydrogen) atoms. The van der Waals surface area contributed by atoms with Gasteiger partial charge >= 0.3 is 0 Å². The summed E-state index contributed by atoms with van der Waals surface area (Å²) >= 11 is 5.10. The number of furan rings is 1. The van der Waals surface area contributed by atoms with Gasteiger partial charge in [0.1, 0.15) is 0 Å². The van der Waals surface area contributed by atoms with Crippen LogP contribution in [0.5, 0.6) is 0 Å². The van der Waals surface area contributed by atoms with Gasteiger partial charge in [0.05, 0.1) is 6.26 Å². The van der Waals surface area contributed by atoms with Gasteiger partial charge in [0.15, 0.2) is 10.9 Å². The Hall–Kier alpha value is -2.67. The predicted octanol–water partition coefficient (Wildman–Crippen LogP) is 3.54. The van der Waals surface area contributed by atoms with Crippen molar-refractivity contribution in [2.75, 3.05) is 10.6 Å². The van der Waals surface area contributed by atoms with Crippen molar-refractivity contribution in [2.24, 2.45) is 0 Å². The molecule has 0 atom stereocenters. The van der Waals surface area contributed by atoms with Gasteiger partial charge < -0.3 is 15.1 Å². The summed E-state index contributed by atoms with van der Waals surface area (Å²) in [5.74, 6) is -0.277. The summed E-state index contributed by atoms with van der Waals surface area (Å²) < 4.78 is 4.99. The smallest absolute Gasteiger partial charge is 0.293 e. The highest BCUT2D eigenvalue weighted by Gasteiger charge is 2.10. The van der Waals surface area contributed by atoms with Crippen molar-refractivity contribution >= 4 is 40.5 Å². The topological polar surface area (TPSA) is 83.4 Å². The van der Waals surface area contributed by atoms with Gasteiger partial charge in [0.2, 0.25) is 5.91 Å². The van der Waals surface area contributed by atoms with Crippen LogP contribution in [0.15, 0.2) is 47.1 Å². The summed E-state index contributed by atoms with van der Waals surface area (Å²) in [6.07, 6.45) is 3.73. The van der Waals surface area contributed by atoms with Crippen molar-refractivity contribution < 1.29 is 14.0 Å². The van der Waals surface area contributed by atoms with E-state index in [0.717, 1.165) is 12.8 Å². The highest BCUT2D eigenvalue weighted by atomic mass is 32.1. The van der Waals surface area contributed by atoms with Gasteiger partial charge in [-0.2, -0.15) is 0 Å². The number of benzene rings is 1. The summed E-state index contributed by atoms with van der Waals surface area (Å²) in [4.78, 5) is 23.6. The van der Waals surface area contributed by atoms with Crippen LogP contribution in [0.4, 0.5) is 11.4 Å². The van der Waals surface area contributed by atoms with Crippen LogP contribution in [0.2, 0.25) is 0 Å². The second kappa shape index (κ2) is 8.83. The van der Waals surface area contributed by atoms with Crippen molar-refractivity contribution in [3.05, 3.63) is 48.4 Å². The number of amides is 2. The van der Waals surface area contributed by atoms with Gasteiger partial charge in [0, 0.05) is 17.8 Å². The third-order valence-electron chi connectivity index (χ3n) is 3.13. The molecule has 0 radical (unpaired) electrons. The highest BCUT2D eigenvalue weighted by Crippen LogP contribution is 2.15. The first-order chi connectivity index (χ1) is 11.6. The van der Waals surface area contributed by atoms with Gasteiger partial charge in [-0.1, -0.05) is 19.4 Å². The van der Waals surface area contributed by atoms with E-state index in [1.807, 2.05) is 6.92 Å². The summed E-state index contributed by atoms with van der Waals surface area (Å²) in [6.45, 7) is 2.04. The molecule has 0 unspecified atom stereocenters. The van der Waals surface area contributed by atoms with Gasteiger partial charge in [0.25, 0.3) is 5.91 Å². The van der Waals surface area contributed by atoms with Crippen LogP contribution >= 0.6 is 12.2 Å². The quantitative estimate of drug-likeness (QED) is 0.698. The molecule has 6 nitrogen and oxygen atoms in total. The molecule has 2 rings (SSSR count). The minimum absolute atomic E-state index is 0.0253. The van der Waals surface area contributed by atoms with E-state index in [1.165, 1.54) is 6.26 Å². The number of nitrogens with one attached hydrogen (secondary N) is 3. The van der Waals surface area contributed by atoms with Crippen LogP contribution in [-0.4, -0.2) is 16.9 Å². The zero-order valence-corrected chi connectivity index (χ0v) is 14.1. The SMILES string of the molecule is CCCCC(=O)Nc1cccc(NC(=S)NC(=O)c2ccco2)c1. The molecule has 1 heterocycles. The van der Waals surface area contributed by atoms with E-state index >= 15 is 0 Å². The Labute approximate surface area is 145 Å². The number of hydrogen-bond donors (Lipinski definition) is 3. The summed E-state index contributed by atoms with van der Waals surface area (Å²) in [7, 11) is 0. The molecule has 0 aliphatic rings. The molecule has 2 aromatic rings. The monoisotopic (exact) mass is 345 g/mol. The van der Waals surface area contributed by atoms with E-state index in [1.54, 1.807) is 36.4 Å². The fraction of sp³-hybridized carbons (Fsp3) is 0.235. The average molecular weight is 345 g/mol. The maximum absolute atomic E-state index is 11.8. The van der Waals surface area contributed by atoms with E-state index in [-0.39, 0.29) is 16.8 Å². The van der Waals surface area contributed by atoms with Gasteiger partial charge in [-0.15, -0.1) is 0 Å². The molecule has 0 aliphatic heterocycles. The number of unbranched alkanes of at least 4 members (excludes halogenated alkanes) is 1. The molecular formula is C17H19N3O3S. The van der Waals surface area contributed by atoms with E-state index < -0.39 is 5.91 Å². The number of hydrogen-bond acceptors (Lipinski definition) is 4. The molecule has 0 fully saturated rings. The van der Waals surface area contributed by atoms with Crippen molar-refractivity contribution in [1.82, 2.24) is 5.32 Å². The first-order valence-corrected chi connectivity index (χ1v) is 8.05. The molecule has 3 N–H and O–H groups in total. The maximum atomic E-state index is 11.8. The third kappa shape index (κ3) is 5.51. The lowest BCUT2D eigenvalue weighted by molar-refractivity contribution is -0.116. The minimum atomic E-state index is -0.429. The zero-order valence-electron chi connectivity index (χ0n) is 13.3. The van der Waals surface area contributed by atoms with Gasteiger partial charge in [-0.05, 0) is 49.0 Å². The molecular weight excluding hydrogens is 326 g/mol. The lowest BCUT2D eigenvalue weighted by Crippen LogP contribution is -2.33. The lowest BCUT2D eigenvalue weighted by atomic mass is 10.2. The fourth-order valence-corrected chi connectivity index (χ4v) is 2.18. The number of anilines is 2. The van der Waals surface area contributed by atoms with E-state index in [2.05, 4.69) is 16.0 Å². The summed E-state index contributed by atoms with van der Waals surface area (Å²) in [5.41, 5.74) is 1.33. The van der Waals surface area contributed by atoms with E-state index in [4.69, 9.17) is 16.6 Å². The second-order valence-electron chi connectivity index (χ2n) is 5.12. The first kappa shape index (κ1) is 17.7. The molecule has 2 amide bonds. The standard InChI is InChI=1S/C17H19N3O3S/c1-2-3-9-15(21)18-12-6-4-7-13(11-12)19-17(24)20-16(22)14-8-5-10-23-14/h4-8,10-11H,2-3,9H2,1H3,(H,18,21)(H2,19,20,22,24). The Kier molecular flexibility index (Phi) is 6.51. The van der Waals surface area contributed by atoms with Gasteiger partial charge in [-0.25, -0.2) is 0 Å². The van der Waals surface area contributed by atoms with Crippen molar-refractivity contribution in [3.63, 3.8) is 0 Å². The van der Waals surface area contributed by atoms with Crippen LogP contribution in [-0.2, 0) is 4.79 Å². The minimum Gasteiger partial charge on any atom is -0.459 e. The summed E-state index contributed by atoms with van der Waals surface area (Å²) in [6, 6.07) is 10.3. The molecule has 0 saturated carbocycles. The van der Waals surface area contributed by atoms with Crippen molar-refractivity contribution in [3.8, 4) is 0 Å². The fourth-order valence-electron chi connectivity index (χ4n) is 1.97. The second-order valence-corrected chi connectivity index (χ2v) is 5.53. The van der Waals surface area contributed by atoms with Crippen LogP contribution in [0.3, 0.4) is 0 Å². The van der Waals surface area contributed by atoms with Crippen molar-refractivity contribution in [1.29, 1.82) is 0 Å². The molecule has 126 valence electrons. The Balaban J connectivity index is 1.90. The van der Waals surface area contributed by atoms with E-state index in [0.29, 0.717) is 17.8 Å². The van der Waals surface area contributed by atoms with Crippen LogP contribution in [0.25, 0.3) is 0 Å². The maximum Gasteiger partial charge on any atom is 0.293 e. The van der Waals surface area contributed by atoms with Gasteiger partial charge in [-0.3, -0.25) is 14.9 Å². The number of thiocarbonyl (C=S) groups is 1. The Morgan fingerprint density at radius 3 is 2.54 bits per heavy atom. The lowest BCUT2D eigenvalue weighted by Gasteiger charge is -2.10. The Bertz CT molecular complexity index is 714. The van der Waals surface area contributed by atoms with Crippen LogP contribution in [0.1, 0.15) is 36.7 Å². The normalized spacial score (nSPS) is 10.0. The molecule has 0 aliphatic carbocycles. The van der Waals surface area contributed by atoms with Crippen molar-refractivity contribution in [2.45, 2.75) is 26.2 Å². The third-order valence-corrected chi connectivity index (χ3v) is 3.34. The average Bonchev–Trinajstić information content (AvgIpc) is 3.07. The predicted molar refractivity (Wildman–Crippen MR) is 97.0 cm³/mol. The largest absolute Gasteiger partial charge is 0.459 e. The first-order valence-electron chi connectivity index (χ1n) is 7.64. The summed E-state index contributed by atoms with van der Waals surface area (Å²) in [5, 5.41) is 8.39.